The Balaban J connectivity index is 1.86. The first-order valence-electron chi connectivity index (χ1n) is 7.70. The molecule has 0 aliphatic rings. The molecule has 2 aromatic carbocycles. The number of benzene rings is 2. The summed E-state index contributed by atoms with van der Waals surface area (Å²) in [4.78, 5) is 12.6. The van der Waals surface area contributed by atoms with Crippen molar-refractivity contribution in [2.45, 2.75) is 20.4 Å². The van der Waals surface area contributed by atoms with Gasteiger partial charge in [-0.25, -0.2) is 4.68 Å². The third-order valence-electron chi connectivity index (χ3n) is 3.86. The van der Waals surface area contributed by atoms with Gasteiger partial charge in [-0.05, 0) is 31.0 Å². The van der Waals surface area contributed by atoms with E-state index < -0.39 is 0 Å². The Labute approximate surface area is 146 Å². The van der Waals surface area contributed by atoms with Crippen molar-refractivity contribution in [1.29, 1.82) is 0 Å². The minimum Gasteiger partial charge on any atom is -0.322 e. The van der Waals surface area contributed by atoms with E-state index in [1.165, 1.54) is 0 Å². The molecular weight excluding hydrogens is 322 g/mol. The Morgan fingerprint density at radius 1 is 1.08 bits per heavy atom. The maximum atomic E-state index is 12.6. The van der Waals surface area contributed by atoms with E-state index in [1.807, 2.05) is 61.5 Å². The fraction of sp³-hybridized carbons (Fsp3) is 0.158. The summed E-state index contributed by atoms with van der Waals surface area (Å²) in [6.45, 7) is 4.27. The first kappa shape index (κ1) is 16.3. The number of hydrogen-bond acceptors (Lipinski definition) is 2. The molecule has 1 aromatic heterocycles. The lowest BCUT2D eigenvalue weighted by Crippen LogP contribution is -2.14. The van der Waals surface area contributed by atoms with Gasteiger partial charge in [0.25, 0.3) is 5.91 Å². The number of aryl methyl sites for hydroxylation is 2. The quantitative estimate of drug-likeness (QED) is 0.763. The van der Waals surface area contributed by atoms with Gasteiger partial charge in [-0.15, -0.1) is 0 Å². The van der Waals surface area contributed by atoms with Crippen LogP contribution in [0.5, 0.6) is 0 Å². The largest absolute Gasteiger partial charge is 0.322 e. The maximum Gasteiger partial charge on any atom is 0.260 e. The second kappa shape index (κ2) is 6.89. The van der Waals surface area contributed by atoms with Crippen molar-refractivity contribution < 1.29 is 4.79 Å². The zero-order valence-electron chi connectivity index (χ0n) is 13.6. The van der Waals surface area contributed by atoms with Crippen molar-refractivity contribution in [3.63, 3.8) is 0 Å². The van der Waals surface area contributed by atoms with Crippen LogP contribution in [0.3, 0.4) is 0 Å². The molecule has 122 valence electrons. The lowest BCUT2D eigenvalue weighted by molar-refractivity contribution is 0.102. The van der Waals surface area contributed by atoms with Gasteiger partial charge < -0.3 is 5.32 Å². The average molecular weight is 340 g/mol. The fourth-order valence-corrected chi connectivity index (χ4v) is 2.89. The van der Waals surface area contributed by atoms with Gasteiger partial charge in [-0.2, -0.15) is 5.10 Å². The molecule has 0 fully saturated rings. The summed E-state index contributed by atoms with van der Waals surface area (Å²) in [5, 5.41) is 7.67. The molecule has 0 unspecified atom stereocenters. The van der Waals surface area contributed by atoms with Gasteiger partial charge in [0.15, 0.2) is 0 Å². The number of rotatable bonds is 4. The van der Waals surface area contributed by atoms with Crippen molar-refractivity contribution in [2.24, 2.45) is 0 Å². The molecule has 0 aliphatic carbocycles. The van der Waals surface area contributed by atoms with Crippen LogP contribution in [0.2, 0.25) is 5.15 Å². The first-order chi connectivity index (χ1) is 11.6. The Kier molecular flexibility index (Phi) is 4.67. The van der Waals surface area contributed by atoms with Crippen molar-refractivity contribution >= 4 is 23.2 Å². The Morgan fingerprint density at radius 2 is 1.75 bits per heavy atom. The van der Waals surface area contributed by atoms with E-state index in [2.05, 4.69) is 10.4 Å². The van der Waals surface area contributed by atoms with Crippen LogP contribution in [0.4, 0.5) is 5.69 Å². The van der Waals surface area contributed by atoms with Crippen LogP contribution in [0.25, 0.3) is 0 Å². The van der Waals surface area contributed by atoms with Crippen LogP contribution in [-0.4, -0.2) is 15.7 Å². The lowest BCUT2D eigenvalue weighted by atomic mass is 10.2. The predicted octanol–water partition coefficient (Wildman–Crippen LogP) is 4.45. The number of para-hydroxylation sites is 1. The maximum absolute atomic E-state index is 12.6. The van der Waals surface area contributed by atoms with Gasteiger partial charge in [0.2, 0.25) is 0 Å². The predicted molar refractivity (Wildman–Crippen MR) is 96.7 cm³/mol. The molecule has 1 heterocycles. The second-order valence-corrected chi connectivity index (χ2v) is 6.02. The minimum absolute atomic E-state index is 0.244. The molecule has 0 saturated carbocycles. The molecule has 4 nitrogen and oxygen atoms in total. The van der Waals surface area contributed by atoms with Gasteiger partial charge >= 0.3 is 0 Å². The van der Waals surface area contributed by atoms with E-state index in [-0.39, 0.29) is 5.91 Å². The normalized spacial score (nSPS) is 10.6. The topological polar surface area (TPSA) is 46.9 Å². The van der Waals surface area contributed by atoms with Gasteiger partial charge in [0.1, 0.15) is 5.15 Å². The van der Waals surface area contributed by atoms with Crippen LogP contribution in [0.15, 0.2) is 54.6 Å². The number of anilines is 1. The zero-order valence-corrected chi connectivity index (χ0v) is 14.3. The molecular formula is C19H18ClN3O. The summed E-state index contributed by atoms with van der Waals surface area (Å²) in [7, 11) is 0. The molecule has 0 radical (unpaired) electrons. The molecule has 3 rings (SSSR count). The number of amides is 1. The van der Waals surface area contributed by atoms with Gasteiger partial charge in [-0.1, -0.05) is 60.1 Å². The van der Waals surface area contributed by atoms with Crippen LogP contribution in [-0.2, 0) is 6.54 Å². The highest BCUT2D eigenvalue weighted by molar-refractivity contribution is 6.33. The molecule has 5 heteroatoms. The fourth-order valence-electron chi connectivity index (χ4n) is 2.57. The average Bonchev–Trinajstić information content (AvgIpc) is 2.84. The monoisotopic (exact) mass is 339 g/mol. The highest BCUT2D eigenvalue weighted by atomic mass is 35.5. The molecule has 0 atom stereocenters. The van der Waals surface area contributed by atoms with Gasteiger partial charge in [0.05, 0.1) is 17.8 Å². The number of halogens is 1. The smallest absolute Gasteiger partial charge is 0.260 e. The second-order valence-electron chi connectivity index (χ2n) is 5.66. The highest BCUT2D eigenvalue weighted by Gasteiger charge is 2.20. The number of carbonyl (C=O) groups excluding carboxylic acids is 1. The highest BCUT2D eigenvalue weighted by Crippen LogP contribution is 2.23. The molecule has 0 bridgehead atoms. The van der Waals surface area contributed by atoms with Crippen molar-refractivity contribution in [3.8, 4) is 0 Å². The summed E-state index contributed by atoms with van der Waals surface area (Å²) in [5.74, 6) is -0.244. The zero-order chi connectivity index (χ0) is 17.1. The van der Waals surface area contributed by atoms with Crippen molar-refractivity contribution in [2.75, 3.05) is 5.32 Å². The SMILES string of the molecule is Cc1ccccc1NC(=O)c1c(C)nn(Cc2ccccc2)c1Cl. The summed E-state index contributed by atoms with van der Waals surface area (Å²) >= 11 is 6.42. The Bertz CT molecular complexity index is 872. The van der Waals surface area contributed by atoms with Gasteiger partial charge in [-0.3, -0.25) is 4.79 Å². The molecule has 0 saturated heterocycles. The van der Waals surface area contributed by atoms with Crippen LogP contribution in [0, 0.1) is 13.8 Å². The molecule has 1 N–H and O–H groups in total. The van der Waals surface area contributed by atoms with E-state index >= 15 is 0 Å². The number of nitrogens with zero attached hydrogens (tertiary/aromatic N) is 2. The first-order valence-corrected chi connectivity index (χ1v) is 8.08. The van der Waals surface area contributed by atoms with Gasteiger partial charge in [0, 0.05) is 5.69 Å². The van der Waals surface area contributed by atoms with E-state index in [9.17, 15) is 4.79 Å². The standard InChI is InChI=1S/C19H18ClN3O/c1-13-8-6-7-11-16(13)21-19(24)17-14(2)22-23(18(17)20)12-15-9-4-3-5-10-15/h3-11H,12H2,1-2H3,(H,21,24). The number of carbonyl (C=O) groups is 1. The van der Waals surface area contributed by atoms with Crippen molar-refractivity contribution in [3.05, 3.63) is 82.1 Å². The third kappa shape index (κ3) is 3.34. The van der Waals surface area contributed by atoms with Crippen LogP contribution >= 0.6 is 11.6 Å². The number of hydrogen-bond donors (Lipinski definition) is 1. The lowest BCUT2D eigenvalue weighted by Gasteiger charge is -2.08. The van der Waals surface area contributed by atoms with E-state index in [1.54, 1.807) is 11.6 Å². The molecule has 3 aromatic rings. The number of nitrogens with one attached hydrogen (secondary N) is 1. The molecule has 0 spiro atoms. The minimum atomic E-state index is -0.244. The summed E-state index contributed by atoms with van der Waals surface area (Å²) in [5.41, 5.74) is 3.87. The number of aromatic nitrogens is 2. The third-order valence-corrected chi connectivity index (χ3v) is 4.25. The Hall–Kier alpha value is -2.59. The Morgan fingerprint density at radius 3 is 2.46 bits per heavy atom. The van der Waals surface area contributed by atoms with E-state index in [0.717, 1.165) is 16.8 Å². The molecule has 24 heavy (non-hydrogen) atoms. The van der Waals surface area contributed by atoms with Crippen molar-refractivity contribution in [1.82, 2.24) is 9.78 Å². The molecule has 1 amide bonds. The summed E-state index contributed by atoms with van der Waals surface area (Å²) < 4.78 is 1.65. The van der Waals surface area contributed by atoms with E-state index in [4.69, 9.17) is 11.6 Å². The molecule has 0 aliphatic heterocycles. The summed E-state index contributed by atoms with van der Waals surface area (Å²) in [6, 6.07) is 17.5. The van der Waals surface area contributed by atoms with Crippen LogP contribution < -0.4 is 5.32 Å². The summed E-state index contributed by atoms with van der Waals surface area (Å²) in [6.07, 6.45) is 0. The van der Waals surface area contributed by atoms with Crippen LogP contribution in [0.1, 0.15) is 27.2 Å². The van der Waals surface area contributed by atoms with E-state index in [0.29, 0.717) is 23.0 Å².